The second kappa shape index (κ2) is 5.57. The van der Waals surface area contributed by atoms with Crippen LogP contribution in [-0.4, -0.2) is 13.1 Å². The molecule has 0 radical (unpaired) electrons. The molecule has 0 atom stereocenters. The van der Waals surface area contributed by atoms with Gasteiger partial charge in [0.15, 0.2) is 0 Å². The molecule has 0 fully saturated rings. The molecular formula is C16H15O3-. The van der Waals surface area contributed by atoms with Crippen LogP contribution < -0.4 is 9.84 Å². The van der Waals surface area contributed by atoms with E-state index in [-0.39, 0.29) is 5.56 Å². The third-order valence-corrected chi connectivity index (χ3v) is 3.12. The number of carbonyl (C=O) groups excluding carboxylic acids is 1. The molecule has 0 saturated carbocycles. The Morgan fingerprint density at radius 1 is 1.16 bits per heavy atom. The number of rotatable bonds is 4. The van der Waals surface area contributed by atoms with Crippen LogP contribution in [0.15, 0.2) is 42.5 Å². The smallest absolute Gasteiger partial charge is 0.126 e. The van der Waals surface area contributed by atoms with Crippen molar-refractivity contribution in [1.82, 2.24) is 0 Å². The van der Waals surface area contributed by atoms with Gasteiger partial charge in [0.1, 0.15) is 5.75 Å². The van der Waals surface area contributed by atoms with Gasteiger partial charge in [-0.1, -0.05) is 31.2 Å². The van der Waals surface area contributed by atoms with Gasteiger partial charge < -0.3 is 14.6 Å². The van der Waals surface area contributed by atoms with Crippen molar-refractivity contribution >= 4 is 5.97 Å². The number of aryl methyl sites for hydroxylation is 1. The molecule has 3 heteroatoms. The molecule has 3 nitrogen and oxygen atoms in total. The van der Waals surface area contributed by atoms with Crippen LogP contribution in [0.1, 0.15) is 22.8 Å². The zero-order valence-electron chi connectivity index (χ0n) is 11.0. The number of hydrogen-bond donors (Lipinski definition) is 0. The number of benzene rings is 2. The maximum atomic E-state index is 11.0. The van der Waals surface area contributed by atoms with Gasteiger partial charge in [0.05, 0.1) is 13.1 Å². The summed E-state index contributed by atoms with van der Waals surface area (Å²) in [7, 11) is 1.58. The number of carboxylic acid groups (broad SMARTS) is 1. The first-order valence-corrected chi connectivity index (χ1v) is 6.15. The van der Waals surface area contributed by atoms with Crippen LogP contribution in [-0.2, 0) is 6.42 Å². The number of carbonyl (C=O) groups is 1. The molecule has 0 aliphatic carbocycles. The van der Waals surface area contributed by atoms with E-state index in [0.717, 1.165) is 23.1 Å². The summed E-state index contributed by atoms with van der Waals surface area (Å²) >= 11 is 0. The number of ether oxygens (including phenoxy) is 1. The zero-order valence-corrected chi connectivity index (χ0v) is 11.0. The maximum Gasteiger partial charge on any atom is 0.126 e. The highest BCUT2D eigenvalue weighted by atomic mass is 16.5. The molecule has 0 bridgehead atoms. The Kier molecular flexibility index (Phi) is 3.85. The fraction of sp³-hybridized carbons (Fsp3) is 0.188. The van der Waals surface area contributed by atoms with E-state index in [1.807, 2.05) is 24.3 Å². The molecule has 0 amide bonds. The average molecular weight is 255 g/mol. The Morgan fingerprint density at radius 3 is 2.53 bits per heavy atom. The molecule has 0 aromatic heterocycles. The van der Waals surface area contributed by atoms with Gasteiger partial charge in [-0.05, 0) is 41.3 Å². The minimum atomic E-state index is -1.18. The molecular weight excluding hydrogens is 240 g/mol. The molecule has 0 N–H and O–H groups in total. The first-order valence-electron chi connectivity index (χ1n) is 6.15. The fourth-order valence-electron chi connectivity index (χ4n) is 2.14. The van der Waals surface area contributed by atoms with Crippen LogP contribution in [0.4, 0.5) is 0 Å². The van der Waals surface area contributed by atoms with Crippen LogP contribution in [0, 0.1) is 0 Å². The minimum absolute atomic E-state index is 0.154. The van der Waals surface area contributed by atoms with Gasteiger partial charge in [0.2, 0.25) is 0 Å². The Balaban J connectivity index is 2.65. The highest BCUT2D eigenvalue weighted by Crippen LogP contribution is 2.33. The van der Waals surface area contributed by atoms with E-state index in [1.54, 1.807) is 19.2 Å². The summed E-state index contributed by atoms with van der Waals surface area (Å²) in [6.45, 7) is 2.06. The van der Waals surface area contributed by atoms with Gasteiger partial charge in [-0.25, -0.2) is 0 Å². The van der Waals surface area contributed by atoms with E-state index in [4.69, 9.17) is 4.74 Å². The molecule has 2 aromatic carbocycles. The average Bonchev–Trinajstić information content (AvgIpc) is 2.46. The van der Waals surface area contributed by atoms with Gasteiger partial charge in [-0.3, -0.25) is 0 Å². The van der Waals surface area contributed by atoms with E-state index < -0.39 is 5.97 Å². The second-order valence-corrected chi connectivity index (χ2v) is 4.21. The summed E-state index contributed by atoms with van der Waals surface area (Å²) in [5.74, 6) is -0.524. The van der Waals surface area contributed by atoms with Crippen molar-refractivity contribution in [2.45, 2.75) is 13.3 Å². The molecule has 0 aliphatic rings. The van der Waals surface area contributed by atoms with E-state index >= 15 is 0 Å². The second-order valence-electron chi connectivity index (χ2n) is 4.21. The highest BCUT2D eigenvalue weighted by Gasteiger charge is 2.10. The largest absolute Gasteiger partial charge is 0.545 e. The van der Waals surface area contributed by atoms with Gasteiger partial charge in [0, 0.05) is 5.56 Å². The molecule has 0 heterocycles. The third-order valence-electron chi connectivity index (χ3n) is 3.12. The number of carboxylic acids is 1. The van der Waals surface area contributed by atoms with Crippen LogP contribution in [0.25, 0.3) is 11.1 Å². The summed E-state index contributed by atoms with van der Waals surface area (Å²) in [4.78, 5) is 11.0. The standard InChI is InChI=1S/C16H16O3/c1-3-11-6-4-5-7-13(11)14-10-12(16(17)18)8-9-15(14)19-2/h4-10H,3H2,1-2H3,(H,17,18)/p-1. The third kappa shape index (κ3) is 2.60. The lowest BCUT2D eigenvalue weighted by Crippen LogP contribution is -2.22. The number of methoxy groups -OCH3 is 1. The summed E-state index contributed by atoms with van der Waals surface area (Å²) < 4.78 is 5.32. The maximum absolute atomic E-state index is 11.0. The molecule has 0 unspecified atom stereocenters. The Morgan fingerprint density at radius 2 is 1.89 bits per heavy atom. The molecule has 2 aromatic rings. The Hall–Kier alpha value is -2.29. The summed E-state index contributed by atoms with van der Waals surface area (Å²) in [5, 5.41) is 11.0. The van der Waals surface area contributed by atoms with Crippen molar-refractivity contribution < 1.29 is 14.6 Å². The van der Waals surface area contributed by atoms with Crippen molar-refractivity contribution in [2.24, 2.45) is 0 Å². The van der Waals surface area contributed by atoms with Gasteiger partial charge >= 0.3 is 0 Å². The van der Waals surface area contributed by atoms with E-state index in [1.165, 1.54) is 6.07 Å². The first-order chi connectivity index (χ1) is 9.17. The normalized spacial score (nSPS) is 10.2. The molecule has 19 heavy (non-hydrogen) atoms. The summed E-state index contributed by atoms with van der Waals surface area (Å²) in [6, 6.07) is 12.6. The van der Waals surface area contributed by atoms with Crippen molar-refractivity contribution in [3.05, 3.63) is 53.6 Å². The van der Waals surface area contributed by atoms with Crippen molar-refractivity contribution in [3.8, 4) is 16.9 Å². The molecule has 0 saturated heterocycles. The number of aromatic carboxylic acids is 1. The van der Waals surface area contributed by atoms with Crippen LogP contribution in [0.3, 0.4) is 0 Å². The predicted molar refractivity (Wildman–Crippen MR) is 72.1 cm³/mol. The Labute approximate surface area is 112 Å². The van der Waals surface area contributed by atoms with Gasteiger partial charge in [-0.15, -0.1) is 0 Å². The van der Waals surface area contributed by atoms with Crippen LogP contribution in [0.2, 0.25) is 0 Å². The van der Waals surface area contributed by atoms with Gasteiger partial charge in [0.25, 0.3) is 0 Å². The molecule has 0 aliphatic heterocycles. The lowest BCUT2D eigenvalue weighted by atomic mass is 9.96. The molecule has 2 rings (SSSR count). The SMILES string of the molecule is CCc1ccccc1-c1cc(C(=O)[O-])ccc1OC. The zero-order chi connectivity index (χ0) is 13.8. The Bertz CT molecular complexity index is 603. The molecule has 0 spiro atoms. The predicted octanol–water partition coefficient (Wildman–Crippen LogP) is 2.29. The quantitative estimate of drug-likeness (QED) is 0.842. The summed E-state index contributed by atoms with van der Waals surface area (Å²) in [5.41, 5.74) is 3.07. The van der Waals surface area contributed by atoms with Crippen molar-refractivity contribution in [1.29, 1.82) is 0 Å². The van der Waals surface area contributed by atoms with E-state index in [9.17, 15) is 9.90 Å². The molecule has 98 valence electrons. The van der Waals surface area contributed by atoms with Crippen molar-refractivity contribution in [3.63, 3.8) is 0 Å². The van der Waals surface area contributed by atoms with E-state index in [0.29, 0.717) is 5.75 Å². The summed E-state index contributed by atoms with van der Waals surface area (Å²) in [6.07, 6.45) is 0.870. The van der Waals surface area contributed by atoms with Gasteiger partial charge in [-0.2, -0.15) is 0 Å². The van der Waals surface area contributed by atoms with Crippen LogP contribution in [0.5, 0.6) is 5.75 Å². The lowest BCUT2D eigenvalue weighted by molar-refractivity contribution is -0.255. The first kappa shape index (κ1) is 13.1. The number of hydrogen-bond acceptors (Lipinski definition) is 3. The topological polar surface area (TPSA) is 49.4 Å². The van der Waals surface area contributed by atoms with E-state index in [2.05, 4.69) is 6.92 Å². The lowest BCUT2D eigenvalue weighted by Gasteiger charge is -2.14. The van der Waals surface area contributed by atoms with Crippen LogP contribution >= 0.6 is 0 Å². The fourth-order valence-corrected chi connectivity index (χ4v) is 2.14. The highest BCUT2D eigenvalue weighted by molar-refractivity contribution is 5.89. The monoisotopic (exact) mass is 255 g/mol. The van der Waals surface area contributed by atoms with Crippen molar-refractivity contribution in [2.75, 3.05) is 7.11 Å². The minimum Gasteiger partial charge on any atom is -0.545 e.